The highest BCUT2D eigenvalue weighted by Gasteiger charge is 2.43. The van der Waals surface area contributed by atoms with Crippen LogP contribution in [0.1, 0.15) is 24.8 Å². The Morgan fingerprint density at radius 3 is 2.79 bits per heavy atom. The number of rotatable bonds is 5. The van der Waals surface area contributed by atoms with E-state index in [2.05, 4.69) is 22.0 Å². The molecule has 1 fully saturated rings. The van der Waals surface area contributed by atoms with Gasteiger partial charge >= 0.3 is 5.69 Å². The molecule has 0 N–H and O–H groups in total. The van der Waals surface area contributed by atoms with Gasteiger partial charge in [0.05, 0.1) is 17.6 Å². The van der Waals surface area contributed by atoms with E-state index in [1.54, 1.807) is 13.0 Å². The zero-order chi connectivity index (χ0) is 14.0. The van der Waals surface area contributed by atoms with Crippen LogP contribution in [0.4, 0.5) is 5.69 Å². The molecule has 1 aliphatic rings. The van der Waals surface area contributed by atoms with Crippen molar-refractivity contribution in [3.63, 3.8) is 0 Å². The standard InChI is InChI=1S/C13H13BrN2O3/c1-9-6-10(14)7-11(16(17)18)12(9)19-8-13(2-3-13)4-5-15/h6-7H,2-4,8H2,1H3. The van der Waals surface area contributed by atoms with E-state index >= 15 is 0 Å². The first-order chi connectivity index (χ1) is 8.97. The third-order valence-corrected chi connectivity index (χ3v) is 3.81. The second-order valence-electron chi connectivity index (χ2n) is 4.95. The van der Waals surface area contributed by atoms with Crippen molar-refractivity contribution < 1.29 is 9.66 Å². The number of nitro groups is 1. The van der Waals surface area contributed by atoms with Gasteiger partial charge in [0.2, 0.25) is 0 Å². The summed E-state index contributed by atoms with van der Waals surface area (Å²) in [5.41, 5.74) is 0.579. The van der Waals surface area contributed by atoms with Gasteiger partial charge in [-0.15, -0.1) is 0 Å². The molecule has 1 aromatic carbocycles. The number of nitrogens with zero attached hydrogens (tertiary/aromatic N) is 2. The van der Waals surface area contributed by atoms with Gasteiger partial charge in [-0.05, 0) is 31.4 Å². The van der Waals surface area contributed by atoms with Gasteiger partial charge in [-0.2, -0.15) is 5.26 Å². The lowest BCUT2D eigenvalue weighted by molar-refractivity contribution is -0.386. The Balaban J connectivity index is 2.20. The van der Waals surface area contributed by atoms with Crippen molar-refractivity contribution in [1.29, 1.82) is 5.26 Å². The van der Waals surface area contributed by atoms with Crippen LogP contribution >= 0.6 is 15.9 Å². The average molecular weight is 325 g/mol. The van der Waals surface area contributed by atoms with E-state index in [4.69, 9.17) is 10.00 Å². The molecule has 19 heavy (non-hydrogen) atoms. The van der Waals surface area contributed by atoms with Crippen LogP contribution < -0.4 is 4.74 Å². The molecule has 0 spiro atoms. The summed E-state index contributed by atoms with van der Waals surface area (Å²) in [6, 6.07) is 5.37. The van der Waals surface area contributed by atoms with Crippen molar-refractivity contribution >= 4 is 21.6 Å². The summed E-state index contributed by atoms with van der Waals surface area (Å²) in [6.45, 7) is 2.14. The Morgan fingerprint density at radius 1 is 1.58 bits per heavy atom. The Morgan fingerprint density at radius 2 is 2.26 bits per heavy atom. The average Bonchev–Trinajstić information content (AvgIpc) is 3.07. The number of benzene rings is 1. The molecule has 1 saturated carbocycles. The van der Waals surface area contributed by atoms with Gasteiger partial charge in [0.1, 0.15) is 0 Å². The maximum absolute atomic E-state index is 11.0. The molecule has 5 nitrogen and oxygen atoms in total. The fourth-order valence-corrected chi connectivity index (χ4v) is 2.54. The van der Waals surface area contributed by atoms with Crippen LogP contribution in [0.5, 0.6) is 5.75 Å². The quantitative estimate of drug-likeness (QED) is 0.610. The van der Waals surface area contributed by atoms with Crippen LogP contribution in [0, 0.1) is 33.8 Å². The summed E-state index contributed by atoms with van der Waals surface area (Å²) in [5.74, 6) is 0.303. The molecular weight excluding hydrogens is 312 g/mol. The fourth-order valence-electron chi connectivity index (χ4n) is 1.98. The van der Waals surface area contributed by atoms with E-state index in [0.717, 1.165) is 12.8 Å². The molecule has 0 amide bonds. The predicted molar refractivity (Wildman–Crippen MR) is 72.9 cm³/mol. The van der Waals surface area contributed by atoms with Gasteiger partial charge in [-0.25, -0.2) is 0 Å². The summed E-state index contributed by atoms with van der Waals surface area (Å²) in [6.07, 6.45) is 2.34. The van der Waals surface area contributed by atoms with Crippen molar-refractivity contribution in [2.24, 2.45) is 5.41 Å². The highest BCUT2D eigenvalue weighted by atomic mass is 79.9. The summed E-state index contributed by atoms with van der Waals surface area (Å²) in [4.78, 5) is 10.6. The Kier molecular flexibility index (Phi) is 3.76. The van der Waals surface area contributed by atoms with Gasteiger partial charge in [0.15, 0.2) is 5.75 Å². The maximum Gasteiger partial charge on any atom is 0.312 e. The van der Waals surface area contributed by atoms with E-state index in [9.17, 15) is 10.1 Å². The Bertz CT molecular complexity index is 562. The third-order valence-electron chi connectivity index (χ3n) is 3.35. The molecule has 2 rings (SSSR count). The maximum atomic E-state index is 11.0. The molecule has 0 aliphatic heterocycles. The molecule has 6 heteroatoms. The van der Waals surface area contributed by atoms with E-state index in [-0.39, 0.29) is 11.1 Å². The number of ether oxygens (including phenoxy) is 1. The molecule has 0 atom stereocenters. The van der Waals surface area contributed by atoms with E-state index in [0.29, 0.717) is 28.8 Å². The van der Waals surface area contributed by atoms with Crippen LogP contribution in [0.3, 0.4) is 0 Å². The SMILES string of the molecule is Cc1cc(Br)cc([N+](=O)[O-])c1OCC1(CC#N)CC1. The second-order valence-corrected chi connectivity index (χ2v) is 5.87. The Hall–Kier alpha value is -1.61. The number of nitriles is 1. The summed E-state index contributed by atoms with van der Waals surface area (Å²) in [7, 11) is 0. The lowest BCUT2D eigenvalue weighted by Gasteiger charge is -2.14. The van der Waals surface area contributed by atoms with Crippen molar-refractivity contribution in [2.45, 2.75) is 26.2 Å². The second kappa shape index (κ2) is 5.17. The lowest BCUT2D eigenvalue weighted by atomic mass is 10.1. The number of hydrogen-bond donors (Lipinski definition) is 0. The van der Waals surface area contributed by atoms with E-state index < -0.39 is 4.92 Å². The molecule has 0 saturated heterocycles. The smallest absolute Gasteiger partial charge is 0.312 e. The largest absolute Gasteiger partial charge is 0.486 e. The number of hydrogen-bond acceptors (Lipinski definition) is 4. The molecule has 0 heterocycles. The van der Waals surface area contributed by atoms with Crippen LogP contribution in [0.25, 0.3) is 0 Å². The molecule has 0 bridgehead atoms. The highest BCUT2D eigenvalue weighted by Crippen LogP contribution is 2.49. The van der Waals surface area contributed by atoms with Crippen LogP contribution in [0.2, 0.25) is 0 Å². The summed E-state index contributed by atoms with van der Waals surface area (Å²) < 4.78 is 6.31. The summed E-state index contributed by atoms with van der Waals surface area (Å²) >= 11 is 3.24. The van der Waals surface area contributed by atoms with Gasteiger partial charge in [-0.3, -0.25) is 10.1 Å². The number of aryl methyl sites for hydroxylation is 1. The van der Waals surface area contributed by atoms with Crippen LogP contribution in [0.15, 0.2) is 16.6 Å². The number of halogens is 1. The first-order valence-corrected chi connectivity index (χ1v) is 6.71. The molecule has 0 aromatic heterocycles. The van der Waals surface area contributed by atoms with Crippen LogP contribution in [-0.4, -0.2) is 11.5 Å². The van der Waals surface area contributed by atoms with Crippen molar-refractivity contribution in [1.82, 2.24) is 0 Å². The zero-order valence-corrected chi connectivity index (χ0v) is 12.1. The van der Waals surface area contributed by atoms with Crippen molar-refractivity contribution in [3.05, 3.63) is 32.3 Å². The highest BCUT2D eigenvalue weighted by molar-refractivity contribution is 9.10. The molecule has 0 radical (unpaired) electrons. The fraction of sp³-hybridized carbons (Fsp3) is 0.462. The molecule has 0 unspecified atom stereocenters. The van der Waals surface area contributed by atoms with E-state index in [1.165, 1.54) is 6.07 Å². The third kappa shape index (κ3) is 3.04. The van der Waals surface area contributed by atoms with Gasteiger partial charge in [0.25, 0.3) is 0 Å². The van der Waals surface area contributed by atoms with E-state index in [1.807, 2.05) is 0 Å². The molecule has 1 aromatic rings. The lowest BCUT2D eigenvalue weighted by Crippen LogP contribution is -2.13. The minimum Gasteiger partial charge on any atom is -0.486 e. The number of nitro benzene ring substituents is 1. The van der Waals surface area contributed by atoms with Crippen LogP contribution in [-0.2, 0) is 0 Å². The van der Waals surface area contributed by atoms with Crippen molar-refractivity contribution in [3.8, 4) is 11.8 Å². The molecular formula is C13H13BrN2O3. The topological polar surface area (TPSA) is 76.2 Å². The zero-order valence-electron chi connectivity index (χ0n) is 10.5. The van der Waals surface area contributed by atoms with Gasteiger partial charge in [-0.1, -0.05) is 15.9 Å². The van der Waals surface area contributed by atoms with Crippen molar-refractivity contribution in [2.75, 3.05) is 6.61 Å². The molecule has 1 aliphatic carbocycles. The van der Waals surface area contributed by atoms with Gasteiger partial charge < -0.3 is 4.74 Å². The minimum atomic E-state index is -0.447. The first kappa shape index (κ1) is 13.8. The normalized spacial score (nSPS) is 15.6. The molecule has 100 valence electrons. The first-order valence-electron chi connectivity index (χ1n) is 5.92. The monoisotopic (exact) mass is 324 g/mol. The van der Waals surface area contributed by atoms with Gasteiger partial charge in [0, 0.05) is 22.4 Å². The Labute approximate surface area is 119 Å². The predicted octanol–water partition coefficient (Wildman–Crippen LogP) is 3.74. The summed E-state index contributed by atoms with van der Waals surface area (Å²) in [5, 5.41) is 19.8. The minimum absolute atomic E-state index is 0.0420.